The average molecular weight is 374 g/mol. The first-order chi connectivity index (χ1) is 11.6. The molecule has 0 aliphatic carbocycles. The van der Waals surface area contributed by atoms with Crippen LogP contribution >= 0.6 is 0 Å². The van der Waals surface area contributed by atoms with E-state index in [-0.39, 0.29) is 24.3 Å². The smallest absolute Gasteiger partial charge is 0.356 e. The average Bonchev–Trinajstić information content (AvgIpc) is 3.08. The van der Waals surface area contributed by atoms with Crippen LogP contribution in [0.3, 0.4) is 0 Å². The molecule has 2 aromatic rings. The molecule has 1 fully saturated rings. The Balaban J connectivity index is 1.96. The largest absolute Gasteiger partial charge is 0.416 e. The van der Waals surface area contributed by atoms with Crippen LogP contribution in [0.4, 0.5) is 13.2 Å². The molecule has 0 spiro atoms. The molecule has 136 valence electrons. The third-order valence-corrected chi connectivity index (χ3v) is 7.03. The van der Waals surface area contributed by atoms with Gasteiger partial charge >= 0.3 is 6.18 Å². The Kier molecular flexibility index (Phi) is 4.40. The first-order valence-electron chi connectivity index (χ1n) is 7.66. The lowest BCUT2D eigenvalue weighted by Crippen LogP contribution is -2.43. The number of hydrogen-bond acceptors (Lipinski definition) is 4. The molecule has 1 aliphatic heterocycles. The van der Waals surface area contributed by atoms with Gasteiger partial charge in [-0.15, -0.1) is 0 Å². The molecule has 0 amide bonds. The van der Waals surface area contributed by atoms with Gasteiger partial charge in [-0.1, -0.05) is 6.07 Å². The van der Waals surface area contributed by atoms with E-state index in [0.717, 1.165) is 12.1 Å². The Morgan fingerprint density at radius 3 is 2.72 bits per heavy atom. The van der Waals surface area contributed by atoms with Crippen LogP contribution in [0.5, 0.6) is 0 Å². The summed E-state index contributed by atoms with van der Waals surface area (Å²) in [5.74, 6) is 0. The van der Waals surface area contributed by atoms with Gasteiger partial charge in [0.1, 0.15) is 0 Å². The molecule has 2 atom stereocenters. The van der Waals surface area contributed by atoms with Crippen molar-refractivity contribution < 1.29 is 26.3 Å². The van der Waals surface area contributed by atoms with Crippen molar-refractivity contribution in [2.75, 3.05) is 6.61 Å². The molecule has 1 aliphatic rings. The molecule has 1 aromatic heterocycles. The minimum Gasteiger partial charge on any atom is -0.356 e. The van der Waals surface area contributed by atoms with Gasteiger partial charge in [-0.2, -0.15) is 18.3 Å². The summed E-state index contributed by atoms with van der Waals surface area (Å²) in [7, 11) is -3.99. The van der Waals surface area contributed by atoms with Gasteiger partial charge in [0.2, 0.25) is 0 Å². The first kappa shape index (κ1) is 17.9. The maximum Gasteiger partial charge on any atom is 0.416 e. The standard InChI is InChI=1S/C16H17F3N2O3S/c1-15(6-9-24-14(11-15)21-8-3-7-20-21)25(22,23)13-5-2-4-12(10-13)16(17,18)19/h2-5,7-8,10,14H,6,9,11H2,1H3. The second-order valence-electron chi connectivity index (χ2n) is 6.24. The fraction of sp³-hybridized carbons (Fsp3) is 0.438. The second-order valence-corrected chi connectivity index (χ2v) is 8.71. The summed E-state index contributed by atoms with van der Waals surface area (Å²) in [6.45, 7) is 1.72. The quantitative estimate of drug-likeness (QED) is 0.826. The fourth-order valence-electron chi connectivity index (χ4n) is 2.93. The minimum absolute atomic E-state index is 0.104. The molecule has 9 heteroatoms. The number of rotatable bonds is 3. The van der Waals surface area contributed by atoms with Crippen molar-refractivity contribution in [2.24, 2.45) is 0 Å². The van der Waals surface area contributed by atoms with Crippen LogP contribution in [0.25, 0.3) is 0 Å². The fourth-order valence-corrected chi connectivity index (χ4v) is 4.75. The molecule has 1 saturated heterocycles. The maximum atomic E-state index is 13.1. The highest BCUT2D eigenvalue weighted by Crippen LogP contribution is 2.40. The highest BCUT2D eigenvalue weighted by molar-refractivity contribution is 7.92. The van der Waals surface area contributed by atoms with Crippen LogP contribution in [-0.2, 0) is 20.8 Å². The topological polar surface area (TPSA) is 61.2 Å². The van der Waals surface area contributed by atoms with Crippen LogP contribution in [0.2, 0.25) is 0 Å². The predicted molar refractivity (Wildman–Crippen MR) is 83.5 cm³/mol. The number of alkyl halides is 3. The lowest BCUT2D eigenvalue weighted by atomic mass is 10.00. The van der Waals surface area contributed by atoms with Crippen molar-refractivity contribution in [1.82, 2.24) is 9.78 Å². The van der Waals surface area contributed by atoms with Gasteiger partial charge in [0.15, 0.2) is 16.1 Å². The molecule has 3 rings (SSSR count). The zero-order chi connectivity index (χ0) is 18.3. The molecule has 25 heavy (non-hydrogen) atoms. The summed E-state index contributed by atoms with van der Waals surface area (Å²) >= 11 is 0. The summed E-state index contributed by atoms with van der Waals surface area (Å²) in [6.07, 6.45) is -1.66. The maximum absolute atomic E-state index is 13.1. The molecule has 0 N–H and O–H groups in total. The minimum atomic E-state index is -4.60. The highest BCUT2D eigenvalue weighted by atomic mass is 32.2. The molecular weight excluding hydrogens is 357 g/mol. The van der Waals surface area contributed by atoms with Crippen LogP contribution in [0.15, 0.2) is 47.6 Å². The Bertz CT molecular complexity index is 850. The monoisotopic (exact) mass is 374 g/mol. The van der Waals surface area contributed by atoms with Crippen LogP contribution < -0.4 is 0 Å². The molecule has 0 bridgehead atoms. The van der Waals surface area contributed by atoms with Crippen LogP contribution in [0, 0.1) is 0 Å². The number of hydrogen-bond donors (Lipinski definition) is 0. The van der Waals surface area contributed by atoms with Crippen molar-refractivity contribution in [3.8, 4) is 0 Å². The molecule has 0 radical (unpaired) electrons. The lowest BCUT2D eigenvalue weighted by Gasteiger charge is -2.37. The molecular formula is C16H17F3N2O3S. The van der Waals surface area contributed by atoms with Gasteiger partial charge in [0.05, 0.1) is 21.8 Å². The van der Waals surface area contributed by atoms with E-state index in [4.69, 9.17) is 4.74 Å². The second kappa shape index (κ2) is 6.14. The number of sulfone groups is 1. The summed E-state index contributed by atoms with van der Waals surface area (Å²) in [5.41, 5.74) is -0.979. The van der Waals surface area contributed by atoms with Crippen LogP contribution in [0.1, 0.15) is 31.6 Å². The van der Waals surface area contributed by atoms with Crippen molar-refractivity contribution >= 4 is 9.84 Å². The van der Waals surface area contributed by atoms with E-state index >= 15 is 0 Å². The number of nitrogens with zero attached hydrogens (tertiary/aromatic N) is 2. The highest BCUT2D eigenvalue weighted by Gasteiger charge is 2.46. The van der Waals surface area contributed by atoms with Crippen molar-refractivity contribution in [3.05, 3.63) is 48.3 Å². The Labute approximate surface area is 143 Å². The van der Waals surface area contributed by atoms with Gasteiger partial charge in [0, 0.05) is 18.8 Å². The van der Waals surface area contributed by atoms with E-state index in [9.17, 15) is 21.6 Å². The van der Waals surface area contributed by atoms with Crippen molar-refractivity contribution in [2.45, 2.75) is 41.8 Å². The molecule has 1 aromatic carbocycles. The number of aromatic nitrogens is 2. The summed E-state index contributed by atoms with van der Waals surface area (Å²) < 4.78 is 70.7. The molecule has 2 unspecified atom stereocenters. The van der Waals surface area contributed by atoms with E-state index in [2.05, 4.69) is 5.10 Å². The first-order valence-corrected chi connectivity index (χ1v) is 9.14. The Hall–Kier alpha value is -1.87. The van der Waals surface area contributed by atoms with E-state index in [1.807, 2.05) is 0 Å². The van der Waals surface area contributed by atoms with E-state index in [1.165, 1.54) is 10.7 Å². The van der Waals surface area contributed by atoms with Gasteiger partial charge in [0.25, 0.3) is 0 Å². The van der Waals surface area contributed by atoms with E-state index < -0.39 is 32.6 Å². The molecule has 5 nitrogen and oxygen atoms in total. The van der Waals surface area contributed by atoms with Gasteiger partial charge in [-0.3, -0.25) is 0 Å². The van der Waals surface area contributed by atoms with Crippen molar-refractivity contribution in [1.29, 1.82) is 0 Å². The number of ether oxygens (including phenoxy) is 1. The SMILES string of the molecule is CC1(S(=O)(=O)c2cccc(C(F)(F)F)c2)CCOC(n2cccn2)C1. The lowest BCUT2D eigenvalue weighted by molar-refractivity contribution is -0.137. The van der Waals surface area contributed by atoms with Gasteiger partial charge < -0.3 is 4.74 Å². The zero-order valence-corrected chi connectivity index (χ0v) is 14.2. The number of benzene rings is 1. The summed E-state index contributed by atoms with van der Waals surface area (Å²) in [5, 5.41) is 4.05. The Morgan fingerprint density at radius 2 is 2.08 bits per heavy atom. The summed E-state index contributed by atoms with van der Waals surface area (Å²) in [6, 6.07) is 5.56. The van der Waals surface area contributed by atoms with Gasteiger partial charge in [-0.05, 0) is 37.6 Å². The van der Waals surface area contributed by atoms with Crippen molar-refractivity contribution in [3.63, 3.8) is 0 Å². The number of halogens is 3. The van der Waals surface area contributed by atoms with E-state index in [1.54, 1.807) is 25.4 Å². The third kappa shape index (κ3) is 3.30. The van der Waals surface area contributed by atoms with Gasteiger partial charge in [-0.25, -0.2) is 13.1 Å². The summed E-state index contributed by atoms with van der Waals surface area (Å²) in [4.78, 5) is -0.328. The van der Waals surface area contributed by atoms with Crippen LogP contribution in [-0.4, -0.2) is 29.6 Å². The van der Waals surface area contributed by atoms with E-state index in [0.29, 0.717) is 6.07 Å². The molecule has 0 saturated carbocycles. The molecule has 2 heterocycles. The third-order valence-electron chi connectivity index (χ3n) is 4.49. The zero-order valence-electron chi connectivity index (χ0n) is 13.4. The predicted octanol–water partition coefficient (Wildman–Crippen LogP) is 3.44. The Morgan fingerprint density at radius 1 is 1.32 bits per heavy atom. The normalized spacial score (nSPS) is 25.0.